The van der Waals surface area contributed by atoms with E-state index in [0.717, 1.165) is 25.4 Å². The lowest BCUT2D eigenvalue weighted by Crippen LogP contribution is -2.32. The van der Waals surface area contributed by atoms with Crippen LogP contribution in [-0.4, -0.2) is 54.8 Å². The molecular weight excluding hydrogens is 422 g/mol. The van der Waals surface area contributed by atoms with Gasteiger partial charge < -0.3 is 25.4 Å². The Kier molecular flexibility index (Phi) is 15.0. The molecule has 0 aliphatic carbocycles. The van der Waals surface area contributed by atoms with Gasteiger partial charge in [-0.1, -0.05) is 58.9 Å². The number of carbonyl (C=O) groups excluding carboxylic acids is 2. The Labute approximate surface area is 199 Å². The highest BCUT2D eigenvalue weighted by atomic mass is 32.2. The van der Waals surface area contributed by atoms with E-state index in [4.69, 9.17) is 4.79 Å². The van der Waals surface area contributed by atoms with Crippen LogP contribution in [0.5, 0.6) is 0 Å². The van der Waals surface area contributed by atoms with Crippen LogP contribution in [0, 0.1) is 5.41 Å². The van der Waals surface area contributed by atoms with Crippen LogP contribution in [0.1, 0.15) is 65.5 Å². The molecule has 7 heteroatoms. The number of nitrogens with one attached hydrogen (secondary N) is 2. The van der Waals surface area contributed by atoms with E-state index in [1.807, 2.05) is 39.4 Å². The molecule has 3 rings (SSSR count). The van der Waals surface area contributed by atoms with E-state index in [1.165, 1.54) is 21.7 Å². The van der Waals surface area contributed by atoms with Crippen LogP contribution in [0.25, 0.3) is 4.91 Å². The summed E-state index contributed by atoms with van der Waals surface area (Å²) in [4.78, 5) is 22.8. The van der Waals surface area contributed by atoms with Gasteiger partial charge in [-0.2, -0.15) is 0 Å². The molecule has 32 heavy (non-hydrogen) atoms. The second-order valence-electron chi connectivity index (χ2n) is 8.67. The molecule has 1 aromatic rings. The first kappa shape index (κ1) is 30.2. The molecule has 1 aromatic carbocycles. The van der Waals surface area contributed by atoms with Crippen molar-refractivity contribution in [2.75, 3.05) is 26.0 Å². The fraction of sp³-hybridized carbons (Fsp3) is 0.600. The molecule has 0 radical (unpaired) electrons. The minimum Gasteiger partial charge on any atom is -0.391 e. The van der Waals surface area contributed by atoms with Gasteiger partial charge in [-0.3, -0.25) is 4.79 Å². The van der Waals surface area contributed by atoms with E-state index < -0.39 is 0 Å². The summed E-state index contributed by atoms with van der Waals surface area (Å²) >= 11 is 1.88. The number of aliphatic hydroxyl groups excluding tert-OH is 1. The molecule has 3 N–H and O–H groups in total. The first-order valence-corrected chi connectivity index (χ1v) is 12.2. The topological polar surface area (TPSA) is 81.7 Å². The molecule has 1 atom stereocenters. The summed E-state index contributed by atoms with van der Waals surface area (Å²) in [6.07, 6.45) is 0.999. The van der Waals surface area contributed by atoms with Gasteiger partial charge >= 0.3 is 0 Å². The smallest absolute Gasteiger partial charge is 0.223 e. The van der Waals surface area contributed by atoms with Crippen molar-refractivity contribution < 1.29 is 14.7 Å². The van der Waals surface area contributed by atoms with Gasteiger partial charge in [0.25, 0.3) is 0 Å². The number of nitrogens with zero attached hydrogens (tertiary/aromatic N) is 1. The van der Waals surface area contributed by atoms with Gasteiger partial charge in [-0.25, -0.2) is 0 Å². The maximum atomic E-state index is 11.6. The van der Waals surface area contributed by atoms with Crippen LogP contribution >= 0.6 is 11.8 Å². The first-order valence-electron chi connectivity index (χ1n) is 11.3. The highest BCUT2D eigenvalue weighted by Crippen LogP contribution is 2.33. The first-order chi connectivity index (χ1) is 15.2. The summed E-state index contributed by atoms with van der Waals surface area (Å²) in [6.45, 7) is 16.5. The third-order valence-electron chi connectivity index (χ3n) is 4.69. The molecule has 0 saturated carbocycles. The molecule has 6 nitrogen and oxygen atoms in total. The third-order valence-corrected chi connectivity index (χ3v) is 5.81. The largest absolute Gasteiger partial charge is 0.391 e. The molecule has 1 fully saturated rings. The van der Waals surface area contributed by atoms with Gasteiger partial charge in [-0.05, 0) is 36.9 Å². The molecule has 0 spiro atoms. The zero-order valence-corrected chi connectivity index (χ0v) is 21.8. The van der Waals surface area contributed by atoms with Crippen LogP contribution < -0.4 is 10.6 Å². The highest BCUT2D eigenvalue weighted by molar-refractivity contribution is 8.08. The Bertz CT molecular complexity index is 699. The van der Waals surface area contributed by atoms with Crippen molar-refractivity contribution in [1.29, 1.82) is 0 Å². The molecule has 1 unspecified atom stereocenters. The van der Waals surface area contributed by atoms with Crippen molar-refractivity contribution in [3.05, 3.63) is 41.1 Å². The summed E-state index contributed by atoms with van der Waals surface area (Å²) in [5.41, 5.74) is 3.99. The third kappa shape index (κ3) is 11.2. The number of rotatable bonds is 4. The number of likely N-dealkylation sites (tertiary alicyclic amines) is 1. The number of thioether (sulfide) groups is 1. The van der Waals surface area contributed by atoms with Gasteiger partial charge in [-0.15, -0.1) is 11.8 Å². The maximum Gasteiger partial charge on any atom is 0.223 e. The quantitative estimate of drug-likeness (QED) is 0.617. The Balaban J connectivity index is 0.000000525. The number of carbonyl (C=O) groups is 2. The van der Waals surface area contributed by atoms with Crippen molar-refractivity contribution in [2.24, 2.45) is 5.41 Å². The fourth-order valence-electron chi connectivity index (χ4n) is 3.22. The fourth-order valence-corrected chi connectivity index (χ4v) is 4.24. The highest BCUT2D eigenvalue weighted by Gasteiger charge is 2.27. The van der Waals surface area contributed by atoms with Crippen molar-refractivity contribution >= 4 is 29.4 Å². The van der Waals surface area contributed by atoms with Crippen LogP contribution in [0.15, 0.2) is 30.0 Å². The van der Waals surface area contributed by atoms with Gasteiger partial charge in [0.2, 0.25) is 5.91 Å². The van der Waals surface area contributed by atoms with E-state index in [9.17, 15) is 9.90 Å². The maximum absolute atomic E-state index is 11.6. The van der Waals surface area contributed by atoms with Crippen molar-refractivity contribution in [3.8, 4) is 0 Å². The molecular formula is C25H43N3O3S. The Morgan fingerprint density at radius 3 is 2.25 bits per heavy atom. The minimum atomic E-state index is -0.302. The van der Waals surface area contributed by atoms with Crippen LogP contribution in [0.3, 0.4) is 0 Å². The molecule has 2 aliphatic heterocycles. The van der Waals surface area contributed by atoms with E-state index in [1.54, 1.807) is 4.90 Å². The van der Waals surface area contributed by atoms with Crippen molar-refractivity contribution in [3.63, 3.8) is 0 Å². The number of hydrogen-bond donors (Lipinski definition) is 3. The van der Waals surface area contributed by atoms with Gasteiger partial charge in [0.1, 0.15) is 6.79 Å². The molecule has 1 saturated heterocycles. The molecule has 1 amide bonds. The summed E-state index contributed by atoms with van der Waals surface area (Å²) < 4.78 is 0. The average Bonchev–Trinajstić information content (AvgIpc) is 3.39. The number of allylic oxidation sites excluding steroid dienone is 1. The van der Waals surface area contributed by atoms with Gasteiger partial charge in [0, 0.05) is 36.7 Å². The molecule has 0 bridgehead atoms. The predicted octanol–water partition coefficient (Wildman–Crippen LogP) is 4.25. The molecule has 0 aromatic heterocycles. The van der Waals surface area contributed by atoms with E-state index in [-0.39, 0.29) is 17.4 Å². The number of hydrogen-bond acceptors (Lipinski definition) is 6. The van der Waals surface area contributed by atoms with Crippen LogP contribution in [0.2, 0.25) is 0 Å². The monoisotopic (exact) mass is 465 g/mol. The number of amides is 1. The normalized spacial score (nSPS) is 17.2. The summed E-state index contributed by atoms with van der Waals surface area (Å²) in [6, 6.07) is 8.77. The Hall–Kier alpha value is -1.83. The molecule has 2 heterocycles. The standard InChI is InChI=1S/C12H16N2S.C10H19NO2.C2H6.CH2O/c1-9-12(15-8-14-9)11-5-3-10(4-6-11)7-13-2;1-10(2,3)6-9(13)11-5-4-8(12)7-11;2*1-2/h3-6,13-14H,7-8H2,1-2H3;8,12H,4-7H2,1-3H3;1-2H3;1H2. The second kappa shape index (κ2) is 15.9. The summed E-state index contributed by atoms with van der Waals surface area (Å²) in [7, 11) is 1.97. The average molecular weight is 466 g/mol. The SMILES string of the molecule is C=O.CC.CC(C)(C)CC(=O)N1CCC(O)C1.CNCc1ccc(C2=C(C)NCS2)cc1. The lowest BCUT2D eigenvalue weighted by Gasteiger charge is -2.22. The predicted molar refractivity (Wildman–Crippen MR) is 137 cm³/mol. The van der Waals surface area contributed by atoms with E-state index in [0.29, 0.717) is 13.0 Å². The summed E-state index contributed by atoms with van der Waals surface area (Å²) in [5, 5.41) is 15.7. The lowest BCUT2D eigenvalue weighted by atomic mass is 9.92. The summed E-state index contributed by atoms with van der Waals surface area (Å²) in [5.74, 6) is 1.17. The van der Waals surface area contributed by atoms with Crippen molar-refractivity contribution in [1.82, 2.24) is 15.5 Å². The van der Waals surface area contributed by atoms with E-state index in [2.05, 4.69) is 62.6 Å². The number of aliphatic hydroxyl groups is 1. The van der Waals surface area contributed by atoms with Crippen LogP contribution in [-0.2, 0) is 16.1 Å². The molecule has 182 valence electrons. The van der Waals surface area contributed by atoms with Gasteiger partial charge in [0.05, 0.1) is 12.0 Å². The lowest BCUT2D eigenvalue weighted by molar-refractivity contribution is -0.132. The van der Waals surface area contributed by atoms with Crippen LogP contribution in [0.4, 0.5) is 0 Å². The van der Waals surface area contributed by atoms with Crippen molar-refractivity contribution in [2.45, 2.75) is 67.0 Å². The number of β-amino-alcohol motifs (C(OH)–C–C–N with tert-alkyl or cyclic N) is 1. The molecule has 2 aliphatic rings. The number of benzene rings is 1. The Morgan fingerprint density at radius 2 is 1.84 bits per heavy atom. The zero-order chi connectivity index (χ0) is 24.7. The second-order valence-corrected chi connectivity index (χ2v) is 9.65. The Morgan fingerprint density at radius 1 is 1.25 bits per heavy atom. The zero-order valence-electron chi connectivity index (χ0n) is 21.0. The van der Waals surface area contributed by atoms with Gasteiger partial charge in [0.15, 0.2) is 0 Å². The van der Waals surface area contributed by atoms with E-state index >= 15 is 0 Å². The minimum absolute atomic E-state index is 0.0463.